The second-order valence-corrected chi connectivity index (χ2v) is 16.2. The molecule has 262 valence electrons. The smallest absolute Gasteiger partial charge is 0.372 e. The van der Waals surface area contributed by atoms with Gasteiger partial charge in [-0.25, -0.2) is 16.8 Å². The molecular formula is C33H41F2N3O8S2. The molecule has 2 atom stereocenters. The summed E-state index contributed by atoms with van der Waals surface area (Å²) in [7, 11) is -8.84. The Morgan fingerprint density at radius 3 is 2.38 bits per heavy atom. The Morgan fingerprint density at radius 1 is 1.00 bits per heavy atom. The van der Waals surface area contributed by atoms with Crippen molar-refractivity contribution in [1.29, 1.82) is 0 Å². The minimum Gasteiger partial charge on any atom is -0.491 e. The molecule has 11 nitrogen and oxygen atoms in total. The lowest BCUT2D eigenvalue weighted by Gasteiger charge is -2.38. The van der Waals surface area contributed by atoms with Gasteiger partial charge in [0.15, 0.2) is 0 Å². The molecule has 2 aliphatic heterocycles. The van der Waals surface area contributed by atoms with Crippen molar-refractivity contribution >= 4 is 19.9 Å². The number of sulfone groups is 1. The Labute approximate surface area is 279 Å². The van der Waals surface area contributed by atoms with Crippen LogP contribution >= 0.6 is 0 Å². The third-order valence-electron chi connectivity index (χ3n) is 8.81. The SMILES string of the molecule is NCCc1ccc(-c2cccc(S(=O)(=O)N3CCC4(CC3)C[C@H](NCC(O)COc3cccc(S(=O)(=O)C(F)(F)CO)c3)CO4)c2)cc1. The highest BCUT2D eigenvalue weighted by molar-refractivity contribution is 7.92. The fourth-order valence-corrected chi connectivity index (χ4v) is 8.55. The van der Waals surface area contributed by atoms with Gasteiger partial charge in [0.05, 0.1) is 22.0 Å². The van der Waals surface area contributed by atoms with Crippen molar-refractivity contribution < 1.29 is 45.3 Å². The molecule has 15 heteroatoms. The lowest BCUT2D eigenvalue weighted by atomic mass is 9.88. The van der Waals surface area contributed by atoms with E-state index in [0.29, 0.717) is 45.5 Å². The van der Waals surface area contributed by atoms with Gasteiger partial charge in [0.2, 0.25) is 19.9 Å². The van der Waals surface area contributed by atoms with E-state index in [1.807, 2.05) is 30.3 Å². The number of rotatable bonds is 14. The number of hydrogen-bond acceptors (Lipinski definition) is 10. The van der Waals surface area contributed by atoms with Gasteiger partial charge < -0.3 is 30.7 Å². The highest BCUT2D eigenvalue weighted by atomic mass is 32.2. The Morgan fingerprint density at radius 2 is 1.69 bits per heavy atom. The second kappa shape index (κ2) is 14.8. The molecule has 5 N–H and O–H groups in total. The Balaban J connectivity index is 1.10. The maximum atomic E-state index is 13.7. The van der Waals surface area contributed by atoms with Crippen LogP contribution in [-0.2, 0) is 31.0 Å². The third kappa shape index (κ3) is 8.05. The predicted octanol–water partition coefficient (Wildman–Crippen LogP) is 2.56. The van der Waals surface area contributed by atoms with Crippen LogP contribution in [0.5, 0.6) is 5.75 Å². The summed E-state index contributed by atoms with van der Waals surface area (Å²) in [6, 6.07) is 19.3. The third-order valence-corrected chi connectivity index (χ3v) is 12.5. The predicted molar refractivity (Wildman–Crippen MR) is 175 cm³/mol. The molecule has 0 aliphatic carbocycles. The number of aliphatic hydroxyl groups is 2. The van der Waals surface area contributed by atoms with Crippen LogP contribution in [0.15, 0.2) is 82.6 Å². The van der Waals surface area contributed by atoms with Crippen LogP contribution in [0.3, 0.4) is 0 Å². The summed E-state index contributed by atoms with van der Waals surface area (Å²) in [5.74, 6) is -0.0301. The van der Waals surface area contributed by atoms with E-state index in [1.165, 1.54) is 16.4 Å². The quantitative estimate of drug-likeness (QED) is 0.195. The Bertz CT molecular complexity index is 1770. The molecule has 2 saturated heterocycles. The number of halogens is 2. The van der Waals surface area contributed by atoms with E-state index in [0.717, 1.165) is 35.2 Å². The number of benzene rings is 3. The first-order valence-corrected chi connectivity index (χ1v) is 18.6. The molecule has 0 saturated carbocycles. The molecule has 0 aromatic heterocycles. The largest absolute Gasteiger partial charge is 0.491 e. The maximum absolute atomic E-state index is 13.7. The van der Waals surface area contributed by atoms with Crippen LogP contribution in [0.4, 0.5) is 8.78 Å². The number of nitrogens with zero attached hydrogens (tertiary/aromatic N) is 1. The molecule has 3 aromatic carbocycles. The van der Waals surface area contributed by atoms with Gasteiger partial charge in [-0.05, 0) is 79.3 Å². The van der Waals surface area contributed by atoms with Crippen LogP contribution in [-0.4, -0.2) is 100 Å². The molecule has 5 rings (SSSR count). The summed E-state index contributed by atoms with van der Waals surface area (Å²) in [4.78, 5) is -0.474. The lowest BCUT2D eigenvalue weighted by Crippen LogP contribution is -2.47. The lowest BCUT2D eigenvalue weighted by molar-refractivity contribution is -0.0312. The summed E-state index contributed by atoms with van der Waals surface area (Å²) >= 11 is 0. The minimum atomic E-state index is -5.12. The van der Waals surface area contributed by atoms with E-state index in [4.69, 9.17) is 20.3 Å². The average Bonchev–Trinajstić information content (AvgIpc) is 3.49. The molecule has 0 radical (unpaired) electrons. The number of hydrogen-bond donors (Lipinski definition) is 4. The zero-order chi connectivity index (χ0) is 34.6. The highest BCUT2D eigenvalue weighted by Crippen LogP contribution is 2.38. The highest BCUT2D eigenvalue weighted by Gasteiger charge is 2.46. The van der Waals surface area contributed by atoms with Crippen LogP contribution in [0.25, 0.3) is 11.1 Å². The molecule has 1 unspecified atom stereocenters. The van der Waals surface area contributed by atoms with Gasteiger partial charge >= 0.3 is 5.25 Å². The van der Waals surface area contributed by atoms with Crippen molar-refractivity contribution in [2.45, 2.75) is 58.5 Å². The Hall–Kier alpha value is -3.02. The topological polar surface area (TPSA) is 168 Å². The first-order valence-electron chi connectivity index (χ1n) is 15.7. The van der Waals surface area contributed by atoms with Crippen molar-refractivity contribution in [2.24, 2.45) is 5.73 Å². The first kappa shape index (κ1) is 36.3. The van der Waals surface area contributed by atoms with Crippen molar-refractivity contribution in [3.05, 3.63) is 78.4 Å². The molecular weight excluding hydrogens is 669 g/mol. The van der Waals surface area contributed by atoms with Crippen molar-refractivity contribution in [2.75, 3.05) is 46.0 Å². The molecule has 0 bridgehead atoms. The summed E-state index contributed by atoms with van der Waals surface area (Å²) < 4.78 is 91.9. The summed E-state index contributed by atoms with van der Waals surface area (Å²) in [5, 5.41) is 18.1. The van der Waals surface area contributed by atoms with E-state index in [2.05, 4.69) is 5.32 Å². The Kier molecular flexibility index (Phi) is 11.2. The van der Waals surface area contributed by atoms with Crippen LogP contribution < -0.4 is 15.8 Å². The van der Waals surface area contributed by atoms with E-state index >= 15 is 0 Å². The van der Waals surface area contributed by atoms with E-state index in [-0.39, 0.29) is 29.8 Å². The zero-order valence-corrected chi connectivity index (χ0v) is 27.9. The van der Waals surface area contributed by atoms with Crippen molar-refractivity contribution in [1.82, 2.24) is 9.62 Å². The molecule has 48 heavy (non-hydrogen) atoms. The molecule has 1 spiro atoms. The van der Waals surface area contributed by atoms with Crippen LogP contribution in [0.2, 0.25) is 0 Å². The number of nitrogens with two attached hydrogens (primary N) is 1. The number of ether oxygens (including phenoxy) is 2. The number of sulfonamides is 1. The molecule has 2 aliphatic rings. The number of aliphatic hydroxyl groups excluding tert-OH is 2. The fourth-order valence-electron chi connectivity index (χ4n) is 6.02. The van der Waals surface area contributed by atoms with Gasteiger partial charge in [-0.3, -0.25) is 0 Å². The van der Waals surface area contributed by atoms with Gasteiger partial charge in [0, 0.05) is 25.7 Å². The standard InChI is InChI=1S/C33H41F2N3O8S2/c34-33(35,23-39)47(41,42)30-5-2-4-29(18-30)45-22-28(40)20-37-27-19-32(46-21-27)12-15-38(16-13-32)48(43,44)31-6-1-3-26(17-31)25-9-7-24(8-10-25)11-14-36/h1-10,17-18,27-28,37,39-40H,11-16,19-23,36H2/t27-,28?/m0/s1. The average molecular weight is 710 g/mol. The molecule has 2 fully saturated rings. The van der Waals surface area contributed by atoms with Gasteiger partial charge in [-0.15, -0.1) is 0 Å². The molecule has 2 heterocycles. The van der Waals surface area contributed by atoms with Crippen molar-refractivity contribution in [3.8, 4) is 16.9 Å². The van der Waals surface area contributed by atoms with Gasteiger partial charge in [0.25, 0.3) is 0 Å². The van der Waals surface area contributed by atoms with Crippen LogP contribution in [0.1, 0.15) is 24.8 Å². The number of piperidine rings is 1. The summed E-state index contributed by atoms with van der Waals surface area (Å²) in [5.41, 5.74) is 8.01. The molecule has 3 aromatic rings. The van der Waals surface area contributed by atoms with Crippen LogP contribution in [0, 0.1) is 0 Å². The monoisotopic (exact) mass is 709 g/mol. The van der Waals surface area contributed by atoms with Gasteiger partial charge in [-0.2, -0.15) is 13.1 Å². The van der Waals surface area contributed by atoms with E-state index in [1.54, 1.807) is 18.2 Å². The van der Waals surface area contributed by atoms with Gasteiger partial charge in [0.1, 0.15) is 25.1 Å². The minimum absolute atomic E-state index is 0.0301. The maximum Gasteiger partial charge on any atom is 0.372 e. The molecule has 0 amide bonds. The zero-order valence-electron chi connectivity index (χ0n) is 26.3. The normalized spacial score (nSPS) is 19.4. The summed E-state index contributed by atoms with van der Waals surface area (Å²) in [6.45, 7) is -0.411. The first-order chi connectivity index (χ1) is 22.8. The number of nitrogens with one attached hydrogen (secondary N) is 1. The second-order valence-electron chi connectivity index (χ2n) is 12.2. The fraction of sp³-hybridized carbons (Fsp3) is 0.455. The van der Waals surface area contributed by atoms with Crippen molar-refractivity contribution in [3.63, 3.8) is 0 Å². The number of alkyl halides is 2. The summed E-state index contributed by atoms with van der Waals surface area (Å²) in [6.07, 6.45) is 1.44. The van der Waals surface area contributed by atoms with Gasteiger partial charge in [-0.1, -0.05) is 42.5 Å². The van der Waals surface area contributed by atoms with E-state index in [9.17, 15) is 30.7 Å². The van der Waals surface area contributed by atoms with E-state index < -0.39 is 48.3 Å².